The van der Waals surface area contributed by atoms with E-state index < -0.39 is 11.8 Å². The number of likely N-dealkylation sites (N-methyl/N-ethyl adjacent to an activating group) is 1. The molecule has 0 radical (unpaired) electrons. The number of hydrogen-bond donors (Lipinski definition) is 2. The Labute approximate surface area is 171 Å². The number of amides is 2. The number of rotatable bonds is 7. The minimum atomic E-state index is -0.644. The fourth-order valence-electron chi connectivity index (χ4n) is 3.46. The molecule has 0 spiro atoms. The van der Waals surface area contributed by atoms with Crippen LogP contribution in [-0.4, -0.2) is 70.9 Å². The maximum Gasteiger partial charge on any atom is 0.309 e. The van der Waals surface area contributed by atoms with Crippen LogP contribution in [0.5, 0.6) is 0 Å². The minimum absolute atomic E-state index is 0.0159. The van der Waals surface area contributed by atoms with Crippen LogP contribution in [0.1, 0.15) is 24.1 Å². The molecule has 1 atom stereocenters. The first kappa shape index (κ1) is 20.9. The Hall–Kier alpha value is -2.84. The molecular weight excluding hydrogens is 368 g/mol. The Morgan fingerprint density at radius 3 is 2.31 bits per heavy atom. The Bertz CT molecular complexity index is 778. The zero-order valence-electron chi connectivity index (χ0n) is 16.8. The van der Waals surface area contributed by atoms with Crippen LogP contribution in [-0.2, 0) is 16.1 Å². The Morgan fingerprint density at radius 2 is 1.69 bits per heavy atom. The summed E-state index contributed by atoms with van der Waals surface area (Å²) in [6.45, 7) is 7.65. The topological polar surface area (TPSA) is 90.5 Å². The zero-order chi connectivity index (χ0) is 20.5. The molecule has 2 N–H and O–H groups in total. The van der Waals surface area contributed by atoms with Crippen LogP contribution in [0.4, 0.5) is 0 Å². The van der Waals surface area contributed by atoms with Gasteiger partial charge in [-0.1, -0.05) is 19.1 Å². The van der Waals surface area contributed by atoms with E-state index in [1.165, 1.54) is 0 Å². The zero-order valence-corrected chi connectivity index (χ0v) is 16.8. The molecule has 29 heavy (non-hydrogen) atoms. The van der Waals surface area contributed by atoms with Crippen molar-refractivity contribution < 1.29 is 9.59 Å². The molecule has 0 bridgehead atoms. The van der Waals surface area contributed by atoms with Crippen LogP contribution in [0.25, 0.3) is 0 Å². The average Bonchev–Trinajstić information content (AvgIpc) is 2.79. The van der Waals surface area contributed by atoms with E-state index in [0.717, 1.165) is 43.9 Å². The predicted octanol–water partition coefficient (Wildman–Crippen LogP) is 0.588. The quantitative estimate of drug-likeness (QED) is 0.666. The molecule has 0 aliphatic carbocycles. The molecule has 3 heterocycles. The normalized spacial score (nSPS) is 16.2. The number of pyridine rings is 2. The number of hydrogen-bond acceptors (Lipinski definition) is 6. The van der Waals surface area contributed by atoms with Gasteiger partial charge in [0.15, 0.2) is 0 Å². The first-order chi connectivity index (χ1) is 14.2. The Morgan fingerprint density at radius 1 is 1.00 bits per heavy atom. The SMILES string of the molecule is CCN1CCN([C@@H](CNC(=O)C(=O)NCc2cccnc2)c2cccnc2)CC1. The standard InChI is InChI=1S/C21H28N6O2/c1-2-26-9-11-27(12-10-26)19(18-6-4-8-23-15-18)16-25-21(29)20(28)24-14-17-5-3-7-22-13-17/h3-8,13,15,19H,2,9-12,14,16H2,1H3,(H,24,28)(H,25,29)/t19-/m0/s1. The van der Waals surface area contributed by atoms with Crippen LogP contribution in [0.2, 0.25) is 0 Å². The van der Waals surface area contributed by atoms with Crippen molar-refractivity contribution in [1.82, 2.24) is 30.4 Å². The van der Waals surface area contributed by atoms with Crippen molar-refractivity contribution >= 4 is 11.8 Å². The van der Waals surface area contributed by atoms with Gasteiger partial charge < -0.3 is 15.5 Å². The molecule has 2 aromatic heterocycles. The highest BCUT2D eigenvalue weighted by Crippen LogP contribution is 2.21. The van der Waals surface area contributed by atoms with Crippen LogP contribution in [0.15, 0.2) is 49.1 Å². The van der Waals surface area contributed by atoms with E-state index in [0.29, 0.717) is 6.54 Å². The van der Waals surface area contributed by atoms with Gasteiger partial charge in [0.25, 0.3) is 0 Å². The second-order valence-electron chi connectivity index (χ2n) is 7.03. The highest BCUT2D eigenvalue weighted by Gasteiger charge is 2.26. The second kappa shape index (κ2) is 10.6. The molecular formula is C21H28N6O2. The van der Waals surface area contributed by atoms with E-state index in [2.05, 4.69) is 37.3 Å². The summed E-state index contributed by atoms with van der Waals surface area (Å²) >= 11 is 0. The fraction of sp³-hybridized carbons (Fsp3) is 0.429. The van der Waals surface area contributed by atoms with Gasteiger partial charge in [-0.05, 0) is 29.8 Å². The number of carbonyl (C=O) groups is 2. The lowest BCUT2D eigenvalue weighted by atomic mass is 10.1. The summed E-state index contributed by atoms with van der Waals surface area (Å²) in [5, 5.41) is 5.42. The summed E-state index contributed by atoms with van der Waals surface area (Å²) < 4.78 is 0. The van der Waals surface area contributed by atoms with Gasteiger partial charge in [0.1, 0.15) is 0 Å². The van der Waals surface area contributed by atoms with E-state index in [9.17, 15) is 9.59 Å². The van der Waals surface area contributed by atoms with Crippen molar-refractivity contribution in [2.24, 2.45) is 0 Å². The maximum atomic E-state index is 12.3. The molecule has 1 aliphatic heterocycles. The number of carbonyl (C=O) groups excluding carboxylic acids is 2. The van der Waals surface area contributed by atoms with E-state index in [-0.39, 0.29) is 12.6 Å². The molecule has 8 heteroatoms. The minimum Gasteiger partial charge on any atom is -0.346 e. The van der Waals surface area contributed by atoms with E-state index >= 15 is 0 Å². The molecule has 2 aromatic rings. The van der Waals surface area contributed by atoms with Gasteiger partial charge in [-0.15, -0.1) is 0 Å². The van der Waals surface area contributed by atoms with E-state index in [4.69, 9.17) is 0 Å². The van der Waals surface area contributed by atoms with Crippen LogP contribution >= 0.6 is 0 Å². The van der Waals surface area contributed by atoms with Crippen molar-refractivity contribution in [3.63, 3.8) is 0 Å². The third-order valence-corrected chi connectivity index (χ3v) is 5.20. The van der Waals surface area contributed by atoms with Gasteiger partial charge in [0.2, 0.25) is 0 Å². The predicted molar refractivity (Wildman–Crippen MR) is 110 cm³/mol. The number of nitrogens with one attached hydrogen (secondary N) is 2. The maximum absolute atomic E-state index is 12.3. The highest BCUT2D eigenvalue weighted by molar-refractivity contribution is 6.35. The molecule has 0 saturated carbocycles. The number of piperazine rings is 1. The third kappa shape index (κ3) is 6.07. The first-order valence-electron chi connectivity index (χ1n) is 9.98. The van der Waals surface area contributed by atoms with Gasteiger partial charge in [-0.25, -0.2) is 0 Å². The van der Waals surface area contributed by atoms with Crippen LogP contribution in [0, 0.1) is 0 Å². The monoisotopic (exact) mass is 396 g/mol. The molecule has 1 saturated heterocycles. The molecule has 0 unspecified atom stereocenters. The van der Waals surface area contributed by atoms with Crippen molar-refractivity contribution in [3.05, 3.63) is 60.2 Å². The highest BCUT2D eigenvalue weighted by atomic mass is 16.2. The fourth-order valence-corrected chi connectivity index (χ4v) is 3.46. The number of aromatic nitrogens is 2. The molecule has 3 rings (SSSR count). The van der Waals surface area contributed by atoms with Crippen molar-refractivity contribution in [2.75, 3.05) is 39.3 Å². The molecule has 154 valence electrons. The van der Waals surface area contributed by atoms with Gasteiger partial charge >= 0.3 is 11.8 Å². The van der Waals surface area contributed by atoms with Gasteiger partial charge in [0, 0.05) is 64.1 Å². The lowest BCUT2D eigenvalue weighted by Crippen LogP contribution is -2.50. The molecule has 2 amide bonds. The Balaban J connectivity index is 1.56. The summed E-state index contributed by atoms with van der Waals surface area (Å²) in [5.41, 5.74) is 1.88. The number of nitrogens with zero attached hydrogens (tertiary/aromatic N) is 4. The van der Waals surface area contributed by atoms with E-state index in [1.807, 2.05) is 24.4 Å². The van der Waals surface area contributed by atoms with Gasteiger partial charge in [0.05, 0.1) is 6.04 Å². The Kier molecular flexibility index (Phi) is 7.66. The smallest absolute Gasteiger partial charge is 0.309 e. The second-order valence-corrected chi connectivity index (χ2v) is 7.03. The van der Waals surface area contributed by atoms with Crippen molar-refractivity contribution in [1.29, 1.82) is 0 Å². The first-order valence-corrected chi connectivity index (χ1v) is 9.98. The summed E-state index contributed by atoms with van der Waals surface area (Å²) in [6, 6.07) is 7.53. The summed E-state index contributed by atoms with van der Waals surface area (Å²) in [5.74, 6) is -1.27. The summed E-state index contributed by atoms with van der Waals surface area (Å²) in [4.78, 5) is 37.4. The van der Waals surface area contributed by atoms with E-state index in [1.54, 1.807) is 24.7 Å². The lowest BCUT2D eigenvalue weighted by Gasteiger charge is -2.39. The molecule has 0 aromatic carbocycles. The molecule has 1 fully saturated rings. The largest absolute Gasteiger partial charge is 0.346 e. The summed E-state index contributed by atoms with van der Waals surface area (Å²) in [7, 11) is 0. The van der Waals surface area contributed by atoms with Crippen LogP contribution in [0.3, 0.4) is 0 Å². The third-order valence-electron chi connectivity index (χ3n) is 5.20. The van der Waals surface area contributed by atoms with Crippen molar-refractivity contribution in [3.8, 4) is 0 Å². The molecule has 8 nitrogen and oxygen atoms in total. The van der Waals surface area contributed by atoms with Gasteiger partial charge in [-0.2, -0.15) is 0 Å². The lowest BCUT2D eigenvalue weighted by molar-refractivity contribution is -0.139. The molecule has 1 aliphatic rings. The summed E-state index contributed by atoms with van der Waals surface area (Å²) in [6.07, 6.45) is 6.88. The van der Waals surface area contributed by atoms with Crippen LogP contribution < -0.4 is 10.6 Å². The average molecular weight is 396 g/mol. The van der Waals surface area contributed by atoms with Crippen molar-refractivity contribution in [2.45, 2.75) is 19.5 Å². The van der Waals surface area contributed by atoms with Gasteiger partial charge in [-0.3, -0.25) is 24.5 Å².